The van der Waals surface area contributed by atoms with Gasteiger partial charge in [0, 0.05) is 24.0 Å². The van der Waals surface area contributed by atoms with Gasteiger partial charge in [0.1, 0.15) is 0 Å². The van der Waals surface area contributed by atoms with Gasteiger partial charge in [-0.05, 0) is 32.4 Å². The second kappa shape index (κ2) is 5.60. The minimum atomic E-state index is -0.0953. The maximum Gasteiger partial charge on any atom is 0.0226 e. The van der Waals surface area contributed by atoms with Gasteiger partial charge in [0.15, 0.2) is 0 Å². The topological polar surface area (TPSA) is 29.3 Å². The number of halogens is 1. The summed E-state index contributed by atoms with van der Waals surface area (Å²) in [7, 11) is 0. The van der Waals surface area contributed by atoms with Crippen LogP contribution in [0, 0.1) is 0 Å². The molecule has 1 atom stereocenters. The van der Waals surface area contributed by atoms with Crippen LogP contribution in [0.2, 0.25) is 0 Å². The molecule has 102 valence electrons. The van der Waals surface area contributed by atoms with E-state index in [2.05, 4.69) is 56.0 Å². The Hall–Kier alpha value is -0.570. The lowest BCUT2D eigenvalue weighted by molar-refractivity contribution is 0.258. The second-order valence-electron chi connectivity index (χ2n) is 6.38. The van der Waals surface area contributed by atoms with Crippen LogP contribution in [-0.2, 0) is 5.41 Å². The Bertz CT molecular complexity index is 372. The molecule has 0 aromatic heterocycles. The Morgan fingerprint density at radius 1 is 1.28 bits per heavy atom. The van der Waals surface area contributed by atoms with Crippen molar-refractivity contribution in [2.24, 2.45) is 5.73 Å². The SMILES string of the molecule is CC(C)(N)CN1CCC(C)(c2ccccc2)C1.Cl. The second-order valence-corrected chi connectivity index (χ2v) is 6.38. The maximum atomic E-state index is 6.10. The number of hydrogen-bond donors (Lipinski definition) is 1. The highest BCUT2D eigenvalue weighted by Gasteiger charge is 2.36. The summed E-state index contributed by atoms with van der Waals surface area (Å²) in [6, 6.07) is 10.9. The third kappa shape index (κ3) is 3.71. The Morgan fingerprint density at radius 3 is 2.44 bits per heavy atom. The first-order chi connectivity index (χ1) is 7.89. The van der Waals surface area contributed by atoms with E-state index in [9.17, 15) is 0 Å². The molecule has 1 fully saturated rings. The molecule has 0 radical (unpaired) electrons. The molecule has 0 amide bonds. The van der Waals surface area contributed by atoms with Crippen molar-refractivity contribution in [3.8, 4) is 0 Å². The van der Waals surface area contributed by atoms with Crippen molar-refractivity contribution < 1.29 is 0 Å². The van der Waals surface area contributed by atoms with Crippen LogP contribution in [0.1, 0.15) is 32.8 Å². The predicted molar refractivity (Wildman–Crippen MR) is 80.4 cm³/mol. The molecular weight excluding hydrogens is 244 g/mol. The average molecular weight is 269 g/mol. The highest BCUT2D eigenvalue weighted by atomic mass is 35.5. The number of rotatable bonds is 3. The quantitative estimate of drug-likeness (QED) is 0.914. The molecule has 1 saturated heterocycles. The summed E-state index contributed by atoms with van der Waals surface area (Å²) in [5.41, 5.74) is 7.76. The van der Waals surface area contributed by atoms with Gasteiger partial charge in [-0.1, -0.05) is 37.3 Å². The first-order valence-electron chi connectivity index (χ1n) is 6.46. The van der Waals surface area contributed by atoms with E-state index in [0.717, 1.165) is 19.6 Å². The minimum Gasteiger partial charge on any atom is -0.324 e. The summed E-state index contributed by atoms with van der Waals surface area (Å²) < 4.78 is 0. The van der Waals surface area contributed by atoms with Crippen molar-refractivity contribution in [1.82, 2.24) is 4.90 Å². The van der Waals surface area contributed by atoms with E-state index in [0.29, 0.717) is 5.41 Å². The van der Waals surface area contributed by atoms with Crippen LogP contribution in [0.5, 0.6) is 0 Å². The summed E-state index contributed by atoms with van der Waals surface area (Å²) in [5, 5.41) is 0. The van der Waals surface area contributed by atoms with E-state index in [1.807, 2.05) is 0 Å². The van der Waals surface area contributed by atoms with Crippen molar-refractivity contribution in [1.29, 1.82) is 0 Å². The Kier molecular flexibility index (Phi) is 4.82. The van der Waals surface area contributed by atoms with Gasteiger partial charge in [-0.15, -0.1) is 12.4 Å². The molecular formula is C15H25ClN2. The van der Waals surface area contributed by atoms with Crippen molar-refractivity contribution in [3.63, 3.8) is 0 Å². The maximum absolute atomic E-state index is 6.10. The molecule has 2 nitrogen and oxygen atoms in total. The van der Waals surface area contributed by atoms with Crippen LogP contribution in [0.4, 0.5) is 0 Å². The molecule has 2 N–H and O–H groups in total. The van der Waals surface area contributed by atoms with Gasteiger partial charge in [-0.25, -0.2) is 0 Å². The molecule has 0 spiro atoms. The van der Waals surface area contributed by atoms with Crippen molar-refractivity contribution in [2.75, 3.05) is 19.6 Å². The fourth-order valence-corrected chi connectivity index (χ4v) is 2.84. The van der Waals surface area contributed by atoms with Crippen LogP contribution in [0.25, 0.3) is 0 Å². The molecule has 1 aromatic rings. The molecule has 1 heterocycles. The third-order valence-electron chi connectivity index (χ3n) is 3.65. The smallest absolute Gasteiger partial charge is 0.0226 e. The highest BCUT2D eigenvalue weighted by Crippen LogP contribution is 2.34. The molecule has 1 aromatic carbocycles. The van der Waals surface area contributed by atoms with Gasteiger partial charge >= 0.3 is 0 Å². The molecule has 2 rings (SSSR count). The Morgan fingerprint density at radius 2 is 1.89 bits per heavy atom. The minimum absolute atomic E-state index is 0. The lowest BCUT2D eigenvalue weighted by Crippen LogP contribution is -2.45. The van der Waals surface area contributed by atoms with Gasteiger partial charge < -0.3 is 10.6 Å². The normalized spacial score (nSPS) is 24.9. The van der Waals surface area contributed by atoms with E-state index >= 15 is 0 Å². The third-order valence-corrected chi connectivity index (χ3v) is 3.65. The zero-order valence-corrected chi connectivity index (χ0v) is 12.5. The monoisotopic (exact) mass is 268 g/mol. The van der Waals surface area contributed by atoms with Gasteiger partial charge in [0.05, 0.1) is 0 Å². The van der Waals surface area contributed by atoms with Gasteiger partial charge in [0.2, 0.25) is 0 Å². The van der Waals surface area contributed by atoms with E-state index < -0.39 is 0 Å². The first-order valence-corrected chi connectivity index (χ1v) is 6.46. The van der Waals surface area contributed by atoms with Gasteiger partial charge in [0.25, 0.3) is 0 Å². The van der Waals surface area contributed by atoms with Crippen LogP contribution >= 0.6 is 12.4 Å². The lowest BCUT2D eigenvalue weighted by Gasteiger charge is -2.29. The molecule has 0 bridgehead atoms. The Balaban J connectivity index is 0.00000162. The Labute approximate surface area is 117 Å². The van der Waals surface area contributed by atoms with E-state index in [-0.39, 0.29) is 17.9 Å². The van der Waals surface area contributed by atoms with E-state index in [1.165, 1.54) is 12.0 Å². The number of hydrogen-bond acceptors (Lipinski definition) is 2. The molecule has 1 aliphatic heterocycles. The largest absolute Gasteiger partial charge is 0.324 e. The fraction of sp³-hybridized carbons (Fsp3) is 0.600. The lowest BCUT2D eigenvalue weighted by atomic mass is 9.82. The molecule has 0 saturated carbocycles. The van der Waals surface area contributed by atoms with E-state index in [4.69, 9.17) is 5.73 Å². The number of nitrogens with two attached hydrogens (primary N) is 1. The summed E-state index contributed by atoms with van der Waals surface area (Å²) in [6.45, 7) is 9.83. The highest BCUT2D eigenvalue weighted by molar-refractivity contribution is 5.85. The zero-order chi connectivity index (χ0) is 12.5. The number of nitrogens with zero attached hydrogens (tertiary/aromatic N) is 1. The predicted octanol–water partition coefficient (Wildman–Crippen LogP) is 2.81. The van der Waals surface area contributed by atoms with Crippen LogP contribution in [-0.4, -0.2) is 30.1 Å². The molecule has 3 heteroatoms. The first kappa shape index (κ1) is 15.5. The van der Waals surface area contributed by atoms with E-state index in [1.54, 1.807) is 0 Å². The zero-order valence-electron chi connectivity index (χ0n) is 11.6. The molecule has 18 heavy (non-hydrogen) atoms. The molecule has 1 unspecified atom stereocenters. The summed E-state index contributed by atoms with van der Waals surface area (Å²) in [4.78, 5) is 2.49. The number of benzene rings is 1. The van der Waals surface area contributed by atoms with Crippen LogP contribution < -0.4 is 5.73 Å². The average Bonchev–Trinajstić information content (AvgIpc) is 2.60. The van der Waals surface area contributed by atoms with Crippen LogP contribution in [0.3, 0.4) is 0 Å². The van der Waals surface area contributed by atoms with Crippen LogP contribution in [0.15, 0.2) is 30.3 Å². The van der Waals surface area contributed by atoms with Gasteiger partial charge in [-0.2, -0.15) is 0 Å². The molecule has 0 aliphatic carbocycles. The summed E-state index contributed by atoms with van der Waals surface area (Å²) in [6.07, 6.45) is 1.23. The standard InChI is InChI=1S/C15H24N2.ClH/c1-14(2,16)11-17-10-9-15(3,12-17)13-7-5-4-6-8-13;/h4-8H,9-12,16H2,1-3H3;1H. The van der Waals surface area contributed by atoms with Gasteiger partial charge in [-0.3, -0.25) is 0 Å². The van der Waals surface area contributed by atoms with Crippen molar-refractivity contribution in [2.45, 2.75) is 38.1 Å². The molecule has 1 aliphatic rings. The summed E-state index contributed by atoms with van der Waals surface area (Å²) >= 11 is 0. The van der Waals surface area contributed by atoms with Crippen molar-refractivity contribution >= 4 is 12.4 Å². The summed E-state index contributed by atoms with van der Waals surface area (Å²) in [5.74, 6) is 0. The number of likely N-dealkylation sites (tertiary alicyclic amines) is 1. The van der Waals surface area contributed by atoms with Crippen molar-refractivity contribution in [3.05, 3.63) is 35.9 Å². The fourth-order valence-electron chi connectivity index (χ4n) is 2.84.